The van der Waals surface area contributed by atoms with Gasteiger partial charge >= 0.3 is 11.9 Å². The van der Waals surface area contributed by atoms with E-state index in [1.807, 2.05) is 21.1 Å². The van der Waals surface area contributed by atoms with Gasteiger partial charge in [-0.05, 0) is 38.5 Å². The third-order valence-electron chi connectivity index (χ3n) is 17.0. The number of quaternary nitrogens is 1. The van der Waals surface area contributed by atoms with E-state index in [4.69, 9.17) is 18.5 Å². The molecule has 0 aliphatic heterocycles. The molecule has 2 unspecified atom stereocenters. The number of esters is 2. The Morgan fingerprint density at radius 2 is 0.614 bits per heavy atom. The summed E-state index contributed by atoms with van der Waals surface area (Å²) < 4.78 is 34.3. The zero-order valence-corrected chi connectivity index (χ0v) is 57.3. The molecule has 10 heteroatoms. The third kappa shape index (κ3) is 69.7. The first-order valence-electron chi connectivity index (χ1n) is 36.9. The van der Waals surface area contributed by atoms with Crippen LogP contribution < -0.4 is 4.89 Å². The van der Waals surface area contributed by atoms with E-state index in [0.29, 0.717) is 17.4 Å². The fourth-order valence-electron chi connectivity index (χ4n) is 11.4. The zero-order valence-electron chi connectivity index (χ0n) is 56.4. The van der Waals surface area contributed by atoms with Gasteiger partial charge in [0.1, 0.15) is 19.8 Å². The highest BCUT2D eigenvalue weighted by Crippen LogP contribution is 2.38. The average Bonchev–Trinajstić information content (AvgIpc) is 3.49. The SMILES string of the molecule is CCCCCCCCC/C=C\CCCCCCCCCC(=O)OC(COC(=O)CCCCCCCCCCCCCCCCCCCCCCCCCCCCCCCCCCCCCCCCCCC)COP(=O)([O-])OCC[N+](C)(C)C. The number of phosphoric acid groups is 1. The average molecular weight is 1190 g/mol. The Morgan fingerprint density at radius 3 is 0.892 bits per heavy atom. The molecule has 494 valence electrons. The molecule has 0 heterocycles. The fraction of sp³-hybridized carbons (Fsp3) is 0.945. The summed E-state index contributed by atoms with van der Waals surface area (Å²) in [5.74, 6) is -0.816. The summed E-state index contributed by atoms with van der Waals surface area (Å²) in [4.78, 5) is 38.0. The van der Waals surface area contributed by atoms with Crippen LogP contribution in [-0.4, -0.2) is 70.0 Å². The number of rotatable bonds is 70. The highest BCUT2D eigenvalue weighted by molar-refractivity contribution is 7.45. The van der Waals surface area contributed by atoms with Crippen LogP contribution in [0.3, 0.4) is 0 Å². The van der Waals surface area contributed by atoms with Crippen molar-refractivity contribution in [3.05, 3.63) is 12.2 Å². The maximum atomic E-state index is 12.8. The Bertz CT molecular complexity index is 1400. The molecule has 0 aromatic rings. The van der Waals surface area contributed by atoms with Gasteiger partial charge in [0.15, 0.2) is 6.10 Å². The van der Waals surface area contributed by atoms with Crippen LogP contribution in [0, 0.1) is 0 Å². The van der Waals surface area contributed by atoms with Gasteiger partial charge in [-0.15, -0.1) is 0 Å². The number of likely N-dealkylation sites (N-methyl/N-ethyl adjacent to an activating group) is 1. The van der Waals surface area contributed by atoms with E-state index in [-0.39, 0.29) is 32.0 Å². The van der Waals surface area contributed by atoms with Crippen LogP contribution in [0.5, 0.6) is 0 Å². The second-order valence-corrected chi connectivity index (χ2v) is 28.1. The number of phosphoric ester groups is 1. The highest BCUT2D eigenvalue weighted by atomic mass is 31.2. The molecule has 2 atom stereocenters. The number of nitrogens with zero attached hydrogens (tertiary/aromatic N) is 1. The predicted molar refractivity (Wildman–Crippen MR) is 356 cm³/mol. The van der Waals surface area contributed by atoms with Gasteiger partial charge in [-0.25, -0.2) is 0 Å². The quantitative estimate of drug-likeness (QED) is 0.0195. The van der Waals surface area contributed by atoms with Gasteiger partial charge in [0.25, 0.3) is 7.82 Å². The summed E-state index contributed by atoms with van der Waals surface area (Å²) in [5.41, 5.74) is 0. The van der Waals surface area contributed by atoms with E-state index in [0.717, 1.165) is 44.9 Å². The van der Waals surface area contributed by atoms with E-state index in [1.54, 1.807) is 0 Å². The lowest BCUT2D eigenvalue weighted by molar-refractivity contribution is -0.870. The number of unbranched alkanes of at least 4 members (excludes halogenated alkanes) is 54. The molecule has 0 saturated carbocycles. The molecule has 83 heavy (non-hydrogen) atoms. The molecule has 0 bridgehead atoms. The Kier molecular flexibility index (Phi) is 64.2. The maximum Gasteiger partial charge on any atom is 0.306 e. The smallest absolute Gasteiger partial charge is 0.306 e. The van der Waals surface area contributed by atoms with Gasteiger partial charge in [0.2, 0.25) is 0 Å². The Morgan fingerprint density at radius 1 is 0.361 bits per heavy atom. The number of allylic oxidation sites excluding steroid dienone is 2. The second kappa shape index (κ2) is 65.2. The summed E-state index contributed by atoms with van der Waals surface area (Å²) in [5, 5.41) is 0. The normalized spacial score (nSPS) is 13.1. The molecule has 0 aliphatic carbocycles. The van der Waals surface area contributed by atoms with Crippen molar-refractivity contribution in [1.29, 1.82) is 0 Å². The first-order chi connectivity index (χ1) is 40.5. The van der Waals surface area contributed by atoms with Crippen molar-refractivity contribution < 1.29 is 42.1 Å². The van der Waals surface area contributed by atoms with Crippen LogP contribution >= 0.6 is 7.82 Å². The molecule has 0 fully saturated rings. The molecule has 0 amide bonds. The number of carbonyl (C=O) groups excluding carboxylic acids is 2. The summed E-state index contributed by atoms with van der Waals surface area (Å²) in [6.45, 7) is 4.31. The van der Waals surface area contributed by atoms with Gasteiger partial charge in [0, 0.05) is 12.8 Å². The molecule has 0 rings (SSSR count). The third-order valence-corrected chi connectivity index (χ3v) is 18.0. The molecule has 0 N–H and O–H groups in total. The number of hydrogen-bond donors (Lipinski definition) is 0. The van der Waals surface area contributed by atoms with E-state index in [9.17, 15) is 19.0 Å². The first-order valence-corrected chi connectivity index (χ1v) is 38.4. The number of ether oxygens (including phenoxy) is 2. The molecule has 0 aliphatic rings. The maximum absolute atomic E-state index is 12.8. The lowest BCUT2D eigenvalue weighted by Crippen LogP contribution is -2.37. The van der Waals surface area contributed by atoms with Gasteiger partial charge < -0.3 is 27.9 Å². The Hall–Kier alpha value is -1.25. The van der Waals surface area contributed by atoms with Gasteiger partial charge in [-0.1, -0.05) is 353 Å². The molecule has 0 aromatic carbocycles. The number of carbonyl (C=O) groups is 2. The van der Waals surface area contributed by atoms with Crippen LogP contribution in [0.2, 0.25) is 0 Å². The van der Waals surface area contributed by atoms with Crippen molar-refractivity contribution in [2.75, 3.05) is 47.5 Å². The van der Waals surface area contributed by atoms with E-state index >= 15 is 0 Å². The molecular weight excluding hydrogens is 1050 g/mol. The molecule has 0 radical (unpaired) electrons. The fourth-order valence-corrected chi connectivity index (χ4v) is 12.1. The van der Waals surface area contributed by atoms with Crippen LogP contribution in [-0.2, 0) is 32.7 Å². The van der Waals surface area contributed by atoms with Gasteiger partial charge in [0.05, 0.1) is 27.7 Å². The number of hydrogen-bond acceptors (Lipinski definition) is 8. The van der Waals surface area contributed by atoms with Crippen LogP contribution in [0.4, 0.5) is 0 Å². The largest absolute Gasteiger partial charge is 0.756 e. The van der Waals surface area contributed by atoms with Crippen LogP contribution in [0.1, 0.15) is 393 Å². The van der Waals surface area contributed by atoms with Crippen molar-refractivity contribution in [1.82, 2.24) is 0 Å². The standard InChI is InChI=1S/C73H144NO8P/c1-6-8-10-12-14-16-18-20-22-24-26-27-28-29-30-31-32-33-34-35-36-37-38-39-40-41-42-43-44-45-46-47-48-50-51-53-55-57-59-61-63-65-72(75)79-69-71(70-81-83(77,78)80-68-67-74(3,4)5)82-73(76)66-64-62-60-58-56-54-52-49-25-23-21-19-17-15-13-11-9-7-2/h23,25,71H,6-22,24,26-70H2,1-5H3/b25-23-. The molecule has 0 aromatic heterocycles. The monoisotopic (exact) mass is 1190 g/mol. The van der Waals surface area contributed by atoms with Crippen LogP contribution in [0.25, 0.3) is 0 Å². The minimum Gasteiger partial charge on any atom is -0.756 e. The topological polar surface area (TPSA) is 111 Å². The predicted octanol–water partition coefficient (Wildman–Crippen LogP) is 23.3. The van der Waals surface area contributed by atoms with Crippen molar-refractivity contribution in [3.8, 4) is 0 Å². The first kappa shape index (κ1) is 81.8. The van der Waals surface area contributed by atoms with Crippen molar-refractivity contribution in [2.24, 2.45) is 0 Å². The lowest BCUT2D eigenvalue weighted by Gasteiger charge is -2.28. The van der Waals surface area contributed by atoms with Gasteiger partial charge in [-0.2, -0.15) is 0 Å². The Balaban J connectivity index is 3.82. The highest BCUT2D eigenvalue weighted by Gasteiger charge is 2.22. The van der Waals surface area contributed by atoms with E-state index in [1.165, 1.54) is 315 Å². The minimum absolute atomic E-state index is 0.0278. The van der Waals surface area contributed by atoms with Crippen molar-refractivity contribution in [2.45, 2.75) is 399 Å². The summed E-state index contributed by atoms with van der Waals surface area (Å²) in [7, 11) is 1.19. The van der Waals surface area contributed by atoms with Crippen LogP contribution in [0.15, 0.2) is 12.2 Å². The lowest BCUT2D eigenvalue weighted by atomic mass is 10.0. The van der Waals surface area contributed by atoms with Crippen molar-refractivity contribution >= 4 is 19.8 Å². The minimum atomic E-state index is -4.64. The molecule has 0 spiro atoms. The van der Waals surface area contributed by atoms with Gasteiger partial charge in [-0.3, -0.25) is 14.2 Å². The summed E-state index contributed by atoms with van der Waals surface area (Å²) in [6, 6.07) is 0. The molecule has 9 nitrogen and oxygen atoms in total. The van der Waals surface area contributed by atoms with E-state index < -0.39 is 26.5 Å². The zero-order chi connectivity index (χ0) is 60.5. The summed E-state index contributed by atoms with van der Waals surface area (Å²) >= 11 is 0. The molecule has 0 saturated heterocycles. The molecular formula is C73H144NO8P. The summed E-state index contributed by atoms with van der Waals surface area (Å²) in [6.07, 6.45) is 80.5. The second-order valence-electron chi connectivity index (χ2n) is 26.7. The van der Waals surface area contributed by atoms with E-state index in [2.05, 4.69) is 26.0 Å². The Labute approximate surface area is 517 Å². The van der Waals surface area contributed by atoms with Crippen molar-refractivity contribution in [3.63, 3.8) is 0 Å².